The maximum Gasteiger partial charge on any atom is 0.345 e. The van der Waals surface area contributed by atoms with Crippen molar-refractivity contribution in [3.8, 4) is 5.75 Å². The van der Waals surface area contributed by atoms with Crippen molar-refractivity contribution >= 4 is 17.8 Å². The second-order valence-electron chi connectivity index (χ2n) is 7.41. The molecular formula is C23H23N3O7. The monoisotopic (exact) mass is 453 g/mol. The highest BCUT2D eigenvalue weighted by Gasteiger charge is 2.33. The number of benzene rings is 2. The quantitative estimate of drug-likeness (QED) is 0.289. The van der Waals surface area contributed by atoms with E-state index in [1.165, 1.54) is 24.3 Å². The van der Waals surface area contributed by atoms with Gasteiger partial charge in [-0.25, -0.2) is 14.8 Å². The van der Waals surface area contributed by atoms with Gasteiger partial charge in [0.25, 0.3) is 0 Å². The number of carboxylic acids is 2. The van der Waals surface area contributed by atoms with Gasteiger partial charge in [-0.3, -0.25) is 4.79 Å². The minimum absolute atomic E-state index is 0.134. The summed E-state index contributed by atoms with van der Waals surface area (Å²) >= 11 is 0. The number of aromatic amines is 1. The number of carbonyl (C=O) groups is 2. The molecule has 1 atom stereocenters. The van der Waals surface area contributed by atoms with Crippen molar-refractivity contribution in [1.82, 2.24) is 9.97 Å². The van der Waals surface area contributed by atoms with Gasteiger partial charge in [-0.15, -0.1) is 0 Å². The molecule has 0 spiro atoms. The molecule has 10 heteroatoms. The fraction of sp³-hybridized carbons (Fsp3) is 0.261. The molecule has 33 heavy (non-hydrogen) atoms. The zero-order valence-corrected chi connectivity index (χ0v) is 17.9. The molecule has 3 rings (SSSR count). The van der Waals surface area contributed by atoms with Gasteiger partial charge in [-0.1, -0.05) is 37.6 Å². The van der Waals surface area contributed by atoms with Crippen LogP contribution in [0.4, 0.5) is 5.82 Å². The van der Waals surface area contributed by atoms with Gasteiger partial charge >= 0.3 is 17.8 Å². The molecule has 1 heterocycles. The van der Waals surface area contributed by atoms with Crippen LogP contribution in [0.1, 0.15) is 58.7 Å². The molecule has 0 saturated carbocycles. The van der Waals surface area contributed by atoms with E-state index in [0.717, 1.165) is 18.4 Å². The Kier molecular flexibility index (Phi) is 7.39. The number of aryl methyl sites for hydroxylation is 1. The average molecular weight is 453 g/mol. The van der Waals surface area contributed by atoms with Gasteiger partial charge in [-0.2, -0.15) is 0 Å². The molecule has 0 amide bonds. The predicted molar refractivity (Wildman–Crippen MR) is 118 cm³/mol. The Balaban J connectivity index is 1.78. The lowest BCUT2D eigenvalue weighted by Crippen LogP contribution is -2.15. The highest BCUT2D eigenvalue weighted by atomic mass is 16.6. The highest BCUT2D eigenvalue weighted by Crippen LogP contribution is 2.32. The lowest BCUT2D eigenvalue weighted by molar-refractivity contribution is -0.390. The second-order valence-corrected chi connectivity index (χ2v) is 7.41. The Morgan fingerprint density at radius 3 is 2.33 bits per heavy atom. The van der Waals surface area contributed by atoms with Crippen LogP contribution in [0.2, 0.25) is 0 Å². The minimum Gasteiger partial charge on any atom is -0.489 e. The summed E-state index contributed by atoms with van der Waals surface area (Å²) < 4.78 is 5.68. The number of nitrogens with one attached hydrogen (secondary N) is 1. The van der Waals surface area contributed by atoms with Crippen LogP contribution in [-0.4, -0.2) is 37.0 Å². The van der Waals surface area contributed by atoms with Gasteiger partial charge in [0.05, 0.1) is 5.56 Å². The second kappa shape index (κ2) is 10.4. The number of hydrogen-bond donors (Lipinski definition) is 3. The summed E-state index contributed by atoms with van der Waals surface area (Å²) in [6.45, 7) is 2.17. The van der Waals surface area contributed by atoms with E-state index >= 15 is 0 Å². The zero-order valence-electron chi connectivity index (χ0n) is 17.9. The smallest absolute Gasteiger partial charge is 0.345 e. The molecule has 172 valence electrons. The van der Waals surface area contributed by atoms with Crippen molar-refractivity contribution in [2.24, 2.45) is 0 Å². The molecule has 1 unspecified atom stereocenters. The summed E-state index contributed by atoms with van der Waals surface area (Å²) in [6, 6.07) is 12.5. The van der Waals surface area contributed by atoms with E-state index in [4.69, 9.17) is 9.84 Å². The summed E-state index contributed by atoms with van der Waals surface area (Å²) in [5.41, 5.74) is 1.13. The number of carboxylic acid groups (broad SMARTS) is 2. The van der Waals surface area contributed by atoms with Gasteiger partial charge in [0.1, 0.15) is 18.3 Å². The van der Waals surface area contributed by atoms with E-state index in [-0.39, 0.29) is 17.9 Å². The van der Waals surface area contributed by atoms with Crippen molar-refractivity contribution in [3.63, 3.8) is 0 Å². The highest BCUT2D eigenvalue weighted by molar-refractivity contribution is 5.87. The van der Waals surface area contributed by atoms with E-state index in [0.29, 0.717) is 23.6 Å². The lowest BCUT2D eigenvalue weighted by atomic mass is 9.95. The molecule has 0 fully saturated rings. The molecule has 3 aromatic rings. The van der Waals surface area contributed by atoms with Crippen LogP contribution in [0.5, 0.6) is 5.75 Å². The molecule has 2 aromatic carbocycles. The van der Waals surface area contributed by atoms with Crippen molar-refractivity contribution in [1.29, 1.82) is 0 Å². The fourth-order valence-corrected chi connectivity index (χ4v) is 3.31. The summed E-state index contributed by atoms with van der Waals surface area (Å²) in [7, 11) is 0. The third-order valence-electron chi connectivity index (χ3n) is 5.05. The summed E-state index contributed by atoms with van der Waals surface area (Å²) in [5.74, 6) is -3.14. The van der Waals surface area contributed by atoms with Crippen LogP contribution in [0.25, 0.3) is 0 Å². The van der Waals surface area contributed by atoms with Crippen molar-refractivity contribution < 1.29 is 29.5 Å². The number of rotatable bonds is 11. The number of nitro groups is 1. The Morgan fingerprint density at radius 2 is 1.79 bits per heavy atom. The van der Waals surface area contributed by atoms with Crippen LogP contribution in [-0.2, 0) is 17.8 Å². The number of unbranched alkanes of at least 4 members (excludes halogenated alkanes) is 1. The van der Waals surface area contributed by atoms with E-state index in [1.807, 2.05) is 6.92 Å². The van der Waals surface area contributed by atoms with Gasteiger partial charge in [0.2, 0.25) is 0 Å². The third-order valence-corrected chi connectivity index (χ3v) is 5.05. The van der Waals surface area contributed by atoms with Crippen LogP contribution in [0.15, 0.2) is 48.5 Å². The van der Waals surface area contributed by atoms with Crippen molar-refractivity contribution in [2.45, 2.75) is 38.7 Å². The number of imidazole rings is 1. The normalized spacial score (nSPS) is 11.7. The molecule has 10 nitrogen and oxygen atoms in total. The fourth-order valence-electron chi connectivity index (χ4n) is 3.31. The SMILES string of the molecule is CCCCc1nc(C(C(=O)O)c2ccc(OCc3ccc(C(=O)O)cc3)cc2)c([N+](=O)[O-])[nH]1. The largest absolute Gasteiger partial charge is 0.489 e. The first kappa shape index (κ1) is 23.5. The van der Waals surface area contributed by atoms with Crippen LogP contribution in [0, 0.1) is 10.1 Å². The number of aromatic nitrogens is 2. The van der Waals surface area contributed by atoms with E-state index in [1.54, 1.807) is 24.3 Å². The summed E-state index contributed by atoms with van der Waals surface area (Å²) in [6.07, 6.45) is 2.13. The zero-order chi connectivity index (χ0) is 24.0. The van der Waals surface area contributed by atoms with Gasteiger partial charge in [0, 0.05) is 6.42 Å². The molecule has 0 saturated heterocycles. The van der Waals surface area contributed by atoms with Gasteiger partial charge in [-0.05, 0) is 46.7 Å². The Hall–Kier alpha value is -4.21. The predicted octanol–water partition coefficient (Wildman–Crippen LogP) is 4.15. The molecule has 0 bridgehead atoms. The van der Waals surface area contributed by atoms with E-state index < -0.39 is 28.6 Å². The molecule has 0 aliphatic rings. The summed E-state index contributed by atoms with van der Waals surface area (Å²) in [4.78, 5) is 40.7. The maximum absolute atomic E-state index is 12.0. The molecule has 0 aliphatic heterocycles. The standard InChI is InChI=1S/C23H23N3O7/c1-2-3-4-18-24-20(21(25-18)26(31)32)19(23(29)30)15-9-11-17(12-10-15)33-13-14-5-7-16(8-6-14)22(27)28/h5-12,19H,2-4,13H2,1H3,(H,24,25)(H,27,28)(H,29,30). The van der Waals surface area contributed by atoms with Gasteiger partial charge < -0.3 is 25.1 Å². The molecular weight excluding hydrogens is 430 g/mol. The van der Waals surface area contributed by atoms with Gasteiger partial charge in [0.15, 0.2) is 11.5 Å². The van der Waals surface area contributed by atoms with Crippen LogP contribution >= 0.6 is 0 Å². The van der Waals surface area contributed by atoms with Crippen molar-refractivity contribution in [2.75, 3.05) is 0 Å². The number of nitrogens with zero attached hydrogens (tertiary/aromatic N) is 2. The first-order chi connectivity index (χ1) is 15.8. The number of aliphatic carboxylic acids is 1. The number of H-pyrrole nitrogens is 1. The summed E-state index contributed by atoms with van der Waals surface area (Å²) in [5, 5.41) is 30.2. The molecule has 1 aromatic heterocycles. The molecule has 0 radical (unpaired) electrons. The molecule has 0 aliphatic carbocycles. The maximum atomic E-state index is 12.0. The Morgan fingerprint density at radius 1 is 1.12 bits per heavy atom. The van der Waals surface area contributed by atoms with Crippen LogP contribution < -0.4 is 4.74 Å². The van der Waals surface area contributed by atoms with Crippen LogP contribution in [0.3, 0.4) is 0 Å². The minimum atomic E-state index is -1.31. The molecule has 3 N–H and O–H groups in total. The first-order valence-corrected chi connectivity index (χ1v) is 10.3. The average Bonchev–Trinajstić information content (AvgIpc) is 3.21. The first-order valence-electron chi connectivity index (χ1n) is 10.3. The third kappa shape index (κ3) is 5.73. The van der Waals surface area contributed by atoms with E-state index in [2.05, 4.69) is 9.97 Å². The van der Waals surface area contributed by atoms with E-state index in [9.17, 15) is 24.8 Å². The number of hydrogen-bond acceptors (Lipinski definition) is 6. The Bertz CT molecular complexity index is 1140. The Labute approximate surface area is 189 Å². The van der Waals surface area contributed by atoms with Crippen molar-refractivity contribution in [3.05, 3.63) is 86.9 Å². The number of ether oxygens (including phenoxy) is 1. The topological polar surface area (TPSA) is 156 Å². The number of aromatic carboxylic acids is 1. The lowest BCUT2D eigenvalue weighted by Gasteiger charge is -2.12.